The number of carbonyl (C=O) groups is 1. The molecule has 0 fully saturated rings. The first kappa shape index (κ1) is 16.1. The average molecular weight is 280 g/mol. The van der Waals surface area contributed by atoms with Gasteiger partial charge in [-0.2, -0.15) is 0 Å². The lowest BCUT2D eigenvalue weighted by atomic mass is 10.0. The first-order chi connectivity index (χ1) is 9.13. The summed E-state index contributed by atoms with van der Waals surface area (Å²) in [7, 11) is 0. The number of hydrogen-bond donors (Lipinski definition) is 2. The molecule has 3 N–H and O–H groups in total. The standard InChI is InChI=1S/C15H24N2OS/c1-4-12-7-6-8-13(5-2)14(12)17-15(18)11(3)19-10-9-16/h6-8,11H,4-5,9-10,16H2,1-3H3,(H,17,18). The van der Waals surface area contributed by atoms with Gasteiger partial charge < -0.3 is 11.1 Å². The molecule has 1 aromatic rings. The molecule has 1 atom stereocenters. The van der Waals surface area contributed by atoms with Crippen molar-refractivity contribution in [2.24, 2.45) is 5.73 Å². The molecule has 0 saturated carbocycles. The van der Waals surface area contributed by atoms with Gasteiger partial charge in [0.2, 0.25) is 5.91 Å². The lowest BCUT2D eigenvalue weighted by Crippen LogP contribution is -2.25. The zero-order valence-corrected chi connectivity index (χ0v) is 12.8. The Morgan fingerprint density at radius 2 is 1.89 bits per heavy atom. The fourth-order valence-electron chi connectivity index (χ4n) is 1.95. The van der Waals surface area contributed by atoms with Crippen molar-refractivity contribution in [3.63, 3.8) is 0 Å². The van der Waals surface area contributed by atoms with Crippen LogP contribution in [0.2, 0.25) is 0 Å². The van der Waals surface area contributed by atoms with Crippen molar-refractivity contribution in [3.8, 4) is 0 Å². The number of nitrogens with two attached hydrogens (primary N) is 1. The molecule has 0 aromatic heterocycles. The Labute approximate surface area is 120 Å². The Hall–Kier alpha value is -1.000. The van der Waals surface area contributed by atoms with Gasteiger partial charge in [0.1, 0.15) is 0 Å². The van der Waals surface area contributed by atoms with Gasteiger partial charge in [-0.3, -0.25) is 4.79 Å². The molecule has 0 bridgehead atoms. The molecule has 0 aliphatic heterocycles. The second kappa shape index (κ2) is 8.23. The lowest BCUT2D eigenvalue weighted by molar-refractivity contribution is -0.115. The molecule has 106 valence electrons. The van der Waals surface area contributed by atoms with E-state index in [1.54, 1.807) is 11.8 Å². The molecule has 0 saturated heterocycles. The van der Waals surface area contributed by atoms with Gasteiger partial charge in [-0.05, 0) is 30.9 Å². The van der Waals surface area contributed by atoms with Crippen molar-refractivity contribution in [1.29, 1.82) is 0 Å². The van der Waals surface area contributed by atoms with Crippen molar-refractivity contribution in [2.75, 3.05) is 17.6 Å². The maximum absolute atomic E-state index is 12.2. The highest BCUT2D eigenvalue weighted by molar-refractivity contribution is 8.00. The highest BCUT2D eigenvalue weighted by Gasteiger charge is 2.15. The third kappa shape index (κ3) is 4.55. The SMILES string of the molecule is CCc1cccc(CC)c1NC(=O)C(C)SCCN. The molecule has 0 aliphatic rings. The van der Waals surface area contributed by atoms with Crippen LogP contribution in [0.5, 0.6) is 0 Å². The largest absolute Gasteiger partial charge is 0.330 e. The predicted octanol–water partition coefficient (Wildman–Crippen LogP) is 2.83. The number of carbonyl (C=O) groups excluding carboxylic acids is 1. The second-order valence-electron chi connectivity index (χ2n) is 4.45. The van der Waals surface area contributed by atoms with E-state index in [-0.39, 0.29) is 11.2 Å². The summed E-state index contributed by atoms with van der Waals surface area (Å²) in [4.78, 5) is 12.2. The molecule has 3 nitrogen and oxygen atoms in total. The van der Waals surface area contributed by atoms with Crippen molar-refractivity contribution in [1.82, 2.24) is 0 Å². The first-order valence-corrected chi connectivity index (χ1v) is 7.92. The van der Waals surface area contributed by atoms with Crippen LogP contribution in [0.3, 0.4) is 0 Å². The number of amides is 1. The smallest absolute Gasteiger partial charge is 0.237 e. The van der Waals surface area contributed by atoms with Crippen LogP contribution in [0.25, 0.3) is 0 Å². The molecule has 0 aliphatic carbocycles. The van der Waals surface area contributed by atoms with Crippen LogP contribution in [-0.4, -0.2) is 23.5 Å². The van der Waals surface area contributed by atoms with Gasteiger partial charge in [-0.1, -0.05) is 32.0 Å². The summed E-state index contributed by atoms with van der Waals surface area (Å²) in [5.74, 6) is 0.874. The minimum absolute atomic E-state index is 0.0639. The van der Waals surface area contributed by atoms with Crippen molar-refractivity contribution < 1.29 is 4.79 Å². The summed E-state index contributed by atoms with van der Waals surface area (Å²) in [6, 6.07) is 6.21. The van der Waals surface area contributed by atoms with Crippen molar-refractivity contribution in [2.45, 2.75) is 38.9 Å². The van der Waals surface area contributed by atoms with Gasteiger partial charge in [0.25, 0.3) is 0 Å². The summed E-state index contributed by atoms with van der Waals surface area (Å²) >= 11 is 1.59. The molecule has 1 rings (SSSR count). The zero-order valence-electron chi connectivity index (χ0n) is 12.0. The van der Waals surface area contributed by atoms with E-state index < -0.39 is 0 Å². The predicted molar refractivity (Wildman–Crippen MR) is 84.8 cm³/mol. The van der Waals surface area contributed by atoms with E-state index in [0.717, 1.165) is 24.3 Å². The lowest BCUT2D eigenvalue weighted by Gasteiger charge is -2.17. The van der Waals surface area contributed by atoms with E-state index in [1.165, 1.54) is 11.1 Å². The average Bonchev–Trinajstić information content (AvgIpc) is 2.44. The van der Waals surface area contributed by atoms with Crippen LogP contribution in [0.1, 0.15) is 31.9 Å². The molecule has 1 unspecified atom stereocenters. The highest BCUT2D eigenvalue weighted by atomic mass is 32.2. The molecular weight excluding hydrogens is 256 g/mol. The Morgan fingerprint density at radius 1 is 1.32 bits per heavy atom. The summed E-state index contributed by atoms with van der Waals surface area (Å²) in [6.45, 7) is 6.75. The number of hydrogen-bond acceptors (Lipinski definition) is 3. The molecule has 1 amide bonds. The third-order valence-corrected chi connectivity index (χ3v) is 4.29. The molecular formula is C15H24N2OS. The van der Waals surface area contributed by atoms with Crippen LogP contribution in [-0.2, 0) is 17.6 Å². The van der Waals surface area contributed by atoms with E-state index in [2.05, 4.69) is 37.4 Å². The van der Waals surface area contributed by atoms with Gasteiger partial charge in [-0.15, -0.1) is 11.8 Å². The van der Waals surface area contributed by atoms with E-state index in [1.807, 2.05) is 6.92 Å². The van der Waals surface area contributed by atoms with E-state index in [9.17, 15) is 4.79 Å². The topological polar surface area (TPSA) is 55.1 Å². The number of thioether (sulfide) groups is 1. The molecule has 4 heteroatoms. The van der Waals surface area contributed by atoms with Gasteiger partial charge in [0.05, 0.1) is 5.25 Å². The maximum Gasteiger partial charge on any atom is 0.237 e. The van der Waals surface area contributed by atoms with Gasteiger partial charge in [-0.25, -0.2) is 0 Å². The van der Waals surface area contributed by atoms with Crippen LogP contribution < -0.4 is 11.1 Å². The van der Waals surface area contributed by atoms with Crippen LogP contribution in [0, 0.1) is 0 Å². The van der Waals surface area contributed by atoms with E-state index in [4.69, 9.17) is 5.73 Å². The first-order valence-electron chi connectivity index (χ1n) is 6.87. The number of benzene rings is 1. The summed E-state index contributed by atoms with van der Waals surface area (Å²) < 4.78 is 0. The molecule has 1 aromatic carbocycles. The van der Waals surface area contributed by atoms with Gasteiger partial charge >= 0.3 is 0 Å². The van der Waals surface area contributed by atoms with Crippen molar-refractivity contribution in [3.05, 3.63) is 29.3 Å². The highest BCUT2D eigenvalue weighted by Crippen LogP contribution is 2.23. The normalized spacial score (nSPS) is 12.2. The Balaban J connectivity index is 2.83. The minimum Gasteiger partial charge on any atom is -0.330 e. The molecule has 19 heavy (non-hydrogen) atoms. The van der Waals surface area contributed by atoms with Crippen molar-refractivity contribution >= 4 is 23.4 Å². The number of aryl methyl sites for hydroxylation is 2. The molecule has 0 spiro atoms. The number of anilines is 1. The number of nitrogens with one attached hydrogen (secondary N) is 1. The number of rotatable bonds is 7. The number of para-hydroxylation sites is 1. The zero-order chi connectivity index (χ0) is 14.3. The van der Waals surface area contributed by atoms with Crippen LogP contribution >= 0.6 is 11.8 Å². The van der Waals surface area contributed by atoms with Crippen LogP contribution in [0.4, 0.5) is 5.69 Å². The van der Waals surface area contributed by atoms with Gasteiger partial charge in [0.15, 0.2) is 0 Å². The third-order valence-electron chi connectivity index (χ3n) is 3.10. The minimum atomic E-state index is -0.0711. The Bertz CT molecular complexity index is 398. The summed E-state index contributed by atoms with van der Waals surface area (Å²) in [5, 5.41) is 3.02. The fraction of sp³-hybridized carbons (Fsp3) is 0.533. The van der Waals surface area contributed by atoms with Crippen LogP contribution in [0.15, 0.2) is 18.2 Å². The second-order valence-corrected chi connectivity index (χ2v) is 5.90. The van der Waals surface area contributed by atoms with Gasteiger partial charge in [0, 0.05) is 18.0 Å². The van der Waals surface area contributed by atoms with E-state index in [0.29, 0.717) is 6.54 Å². The monoisotopic (exact) mass is 280 g/mol. The Morgan fingerprint density at radius 3 is 2.37 bits per heavy atom. The Kier molecular flexibility index (Phi) is 6.95. The quantitative estimate of drug-likeness (QED) is 0.807. The summed E-state index contributed by atoms with van der Waals surface area (Å²) in [6.07, 6.45) is 1.85. The molecule has 0 heterocycles. The maximum atomic E-state index is 12.2. The molecule has 0 radical (unpaired) electrons. The van der Waals surface area contributed by atoms with E-state index >= 15 is 0 Å². The summed E-state index contributed by atoms with van der Waals surface area (Å²) in [5.41, 5.74) is 8.86. The fourth-order valence-corrected chi connectivity index (χ4v) is 2.65.